The Morgan fingerprint density at radius 1 is 1.30 bits per heavy atom. The fourth-order valence-corrected chi connectivity index (χ4v) is 3.88. The van der Waals surface area contributed by atoms with Gasteiger partial charge < -0.3 is 15.5 Å². The van der Waals surface area contributed by atoms with Crippen molar-refractivity contribution in [3.63, 3.8) is 0 Å². The first-order chi connectivity index (χ1) is 13.1. The second-order valence-corrected chi connectivity index (χ2v) is 7.54. The van der Waals surface area contributed by atoms with E-state index in [1.807, 2.05) is 23.1 Å². The van der Waals surface area contributed by atoms with Gasteiger partial charge in [-0.25, -0.2) is 9.37 Å². The number of halogens is 2. The average molecular weight is 388 g/mol. The van der Waals surface area contributed by atoms with Gasteiger partial charge in [0.1, 0.15) is 0 Å². The molecular formula is C20H23ClFN5. The van der Waals surface area contributed by atoms with E-state index in [-0.39, 0.29) is 11.9 Å². The van der Waals surface area contributed by atoms with E-state index in [0.29, 0.717) is 24.3 Å². The van der Waals surface area contributed by atoms with Crippen molar-refractivity contribution in [2.75, 3.05) is 25.0 Å². The lowest BCUT2D eigenvalue weighted by atomic mass is 10.1. The Morgan fingerprint density at radius 3 is 2.96 bits per heavy atom. The van der Waals surface area contributed by atoms with E-state index in [1.165, 1.54) is 11.6 Å². The fourth-order valence-electron chi connectivity index (χ4n) is 3.68. The van der Waals surface area contributed by atoms with Gasteiger partial charge in [-0.2, -0.15) is 0 Å². The first-order valence-electron chi connectivity index (χ1n) is 9.25. The molecule has 0 bridgehead atoms. The third-order valence-corrected chi connectivity index (χ3v) is 5.42. The Balaban J connectivity index is 1.31. The van der Waals surface area contributed by atoms with Crippen LogP contribution in [0.3, 0.4) is 0 Å². The Labute approximate surface area is 163 Å². The molecule has 2 fully saturated rings. The fraction of sp³-hybridized carbons (Fsp3) is 0.400. The highest BCUT2D eigenvalue weighted by Gasteiger charge is 2.39. The highest BCUT2D eigenvalue weighted by Crippen LogP contribution is 2.41. The van der Waals surface area contributed by atoms with Crippen LogP contribution in [0.25, 0.3) is 0 Å². The van der Waals surface area contributed by atoms with Crippen LogP contribution < -0.4 is 15.5 Å². The van der Waals surface area contributed by atoms with Gasteiger partial charge in [0.05, 0.1) is 0 Å². The van der Waals surface area contributed by atoms with Crippen LogP contribution in [0.5, 0.6) is 0 Å². The highest BCUT2D eigenvalue weighted by atomic mass is 35.5. The van der Waals surface area contributed by atoms with Crippen molar-refractivity contribution in [1.29, 1.82) is 0 Å². The number of aromatic nitrogens is 1. The van der Waals surface area contributed by atoms with E-state index in [0.717, 1.165) is 30.4 Å². The van der Waals surface area contributed by atoms with E-state index in [9.17, 15) is 4.39 Å². The summed E-state index contributed by atoms with van der Waals surface area (Å²) in [6.07, 6.45) is 3.61. The molecule has 2 N–H and O–H groups in total. The van der Waals surface area contributed by atoms with E-state index >= 15 is 0 Å². The summed E-state index contributed by atoms with van der Waals surface area (Å²) in [6, 6.07) is 11.7. The van der Waals surface area contributed by atoms with Gasteiger partial charge in [0.25, 0.3) is 0 Å². The molecule has 0 spiro atoms. The van der Waals surface area contributed by atoms with Gasteiger partial charge in [-0.15, -0.1) is 0 Å². The van der Waals surface area contributed by atoms with Gasteiger partial charge >= 0.3 is 0 Å². The summed E-state index contributed by atoms with van der Waals surface area (Å²) >= 11 is 6.09. The van der Waals surface area contributed by atoms with E-state index in [4.69, 9.17) is 11.6 Å². The van der Waals surface area contributed by atoms with Crippen molar-refractivity contribution >= 4 is 23.4 Å². The minimum atomic E-state index is -0.275. The lowest BCUT2D eigenvalue weighted by Crippen LogP contribution is -2.45. The van der Waals surface area contributed by atoms with Crippen LogP contribution in [0.1, 0.15) is 24.3 Å². The molecule has 1 aliphatic heterocycles. The number of nitrogens with zero attached hydrogens (tertiary/aromatic N) is 3. The number of hydrogen-bond acceptors (Lipinski definition) is 3. The largest absolute Gasteiger partial charge is 0.353 e. The minimum absolute atomic E-state index is 0.209. The number of rotatable bonds is 4. The van der Waals surface area contributed by atoms with Crippen LogP contribution in [-0.4, -0.2) is 43.2 Å². The van der Waals surface area contributed by atoms with Crippen LogP contribution in [0, 0.1) is 5.82 Å². The van der Waals surface area contributed by atoms with Gasteiger partial charge in [0, 0.05) is 49.4 Å². The maximum absolute atomic E-state index is 13.9. The quantitative estimate of drug-likeness (QED) is 0.625. The molecule has 2 heterocycles. The van der Waals surface area contributed by atoms with Crippen molar-refractivity contribution in [2.24, 2.45) is 4.99 Å². The van der Waals surface area contributed by atoms with E-state index in [2.05, 4.69) is 26.7 Å². The van der Waals surface area contributed by atoms with E-state index < -0.39 is 0 Å². The predicted molar refractivity (Wildman–Crippen MR) is 107 cm³/mol. The van der Waals surface area contributed by atoms with E-state index in [1.54, 1.807) is 19.3 Å². The molecule has 7 heteroatoms. The number of anilines is 1. The van der Waals surface area contributed by atoms with Crippen LogP contribution in [0.4, 0.5) is 10.2 Å². The van der Waals surface area contributed by atoms with Crippen LogP contribution in [0.2, 0.25) is 5.02 Å². The molecule has 1 aromatic carbocycles. The summed E-state index contributed by atoms with van der Waals surface area (Å²) in [5.41, 5.74) is 1.26. The molecule has 3 atom stereocenters. The zero-order valence-corrected chi connectivity index (χ0v) is 16.0. The number of nitrogens with one attached hydrogen (secondary N) is 2. The molecule has 1 saturated carbocycles. The first kappa shape index (κ1) is 18.0. The maximum Gasteiger partial charge on any atom is 0.191 e. The lowest BCUT2D eigenvalue weighted by molar-refractivity contribution is 0.612. The normalized spacial score (nSPS) is 24.8. The van der Waals surface area contributed by atoms with Crippen LogP contribution in [-0.2, 0) is 0 Å². The molecule has 0 amide bonds. The summed E-state index contributed by atoms with van der Waals surface area (Å²) in [6.45, 7) is 1.48. The summed E-state index contributed by atoms with van der Waals surface area (Å²) in [7, 11) is 1.78. The van der Waals surface area contributed by atoms with Gasteiger partial charge in [0.2, 0.25) is 0 Å². The molecule has 2 aliphatic rings. The van der Waals surface area contributed by atoms with Crippen molar-refractivity contribution in [1.82, 2.24) is 15.6 Å². The van der Waals surface area contributed by atoms with Gasteiger partial charge in [0.15, 0.2) is 17.6 Å². The molecule has 142 valence electrons. The van der Waals surface area contributed by atoms with Crippen LogP contribution in [0.15, 0.2) is 47.6 Å². The second kappa shape index (κ2) is 7.72. The third-order valence-electron chi connectivity index (χ3n) is 5.18. The maximum atomic E-state index is 13.9. The second-order valence-electron chi connectivity index (χ2n) is 7.11. The monoisotopic (exact) mass is 387 g/mol. The highest BCUT2D eigenvalue weighted by molar-refractivity contribution is 6.30. The molecular weight excluding hydrogens is 365 g/mol. The number of pyridine rings is 1. The van der Waals surface area contributed by atoms with Crippen molar-refractivity contribution < 1.29 is 4.39 Å². The predicted octanol–water partition coefficient (Wildman–Crippen LogP) is 3.17. The first-order valence-corrected chi connectivity index (χ1v) is 9.62. The molecule has 1 aliphatic carbocycles. The van der Waals surface area contributed by atoms with Crippen molar-refractivity contribution in [2.45, 2.75) is 30.8 Å². The number of aliphatic imine (C=N–C) groups is 1. The zero-order valence-electron chi connectivity index (χ0n) is 15.2. The average Bonchev–Trinajstić information content (AvgIpc) is 3.29. The van der Waals surface area contributed by atoms with Gasteiger partial charge in [-0.1, -0.05) is 23.7 Å². The summed E-state index contributed by atoms with van der Waals surface area (Å²) in [5.74, 6) is 1.40. The molecule has 27 heavy (non-hydrogen) atoms. The molecule has 4 rings (SSSR count). The molecule has 3 unspecified atom stereocenters. The Hall–Kier alpha value is -2.34. The smallest absolute Gasteiger partial charge is 0.191 e. The Bertz CT molecular complexity index is 843. The summed E-state index contributed by atoms with van der Waals surface area (Å²) < 4.78 is 13.9. The van der Waals surface area contributed by atoms with Gasteiger partial charge in [-0.05, 0) is 42.7 Å². The third kappa shape index (κ3) is 4.16. The zero-order chi connectivity index (χ0) is 18.8. The SMILES string of the molecule is CN=C(NC1CCN(c2ncccc2F)C1)NC1CC1c1cccc(Cl)c1. The number of guanidine groups is 1. The Morgan fingerprint density at radius 2 is 2.19 bits per heavy atom. The molecule has 1 aromatic heterocycles. The van der Waals surface area contributed by atoms with Crippen molar-refractivity contribution in [3.05, 3.63) is 59.0 Å². The molecule has 0 radical (unpaired) electrons. The summed E-state index contributed by atoms with van der Waals surface area (Å²) in [5, 5.41) is 7.72. The number of hydrogen-bond donors (Lipinski definition) is 2. The lowest BCUT2D eigenvalue weighted by Gasteiger charge is -2.20. The van der Waals surface area contributed by atoms with Crippen molar-refractivity contribution in [3.8, 4) is 0 Å². The summed E-state index contributed by atoms with van der Waals surface area (Å²) in [4.78, 5) is 10.5. The minimum Gasteiger partial charge on any atom is -0.353 e. The number of benzene rings is 1. The topological polar surface area (TPSA) is 52.6 Å². The molecule has 1 saturated heterocycles. The van der Waals surface area contributed by atoms with Gasteiger partial charge in [-0.3, -0.25) is 4.99 Å². The molecule has 5 nitrogen and oxygen atoms in total. The molecule has 2 aromatic rings. The van der Waals surface area contributed by atoms with Crippen LogP contribution >= 0.6 is 11.6 Å². The standard InChI is InChI=1S/C20H23ClFN5/c1-23-20(26-18-11-16(18)13-4-2-5-14(21)10-13)25-15-7-9-27(12-15)19-17(22)6-3-8-24-19/h2-6,8,10,15-16,18H,7,9,11-12H2,1H3,(H2,23,25,26). The Kier molecular flexibility index (Phi) is 5.16.